The smallest absolute Gasteiger partial charge is 0.310 e. The number of benzene rings is 1. The van der Waals surface area contributed by atoms with Crippen LogP contribution in [0.2, 0.25) is 0 Å². The molecule has 0 saturated carbocycles. The minimum Gasteiger partial charge on any atom is -0.469 e. The molecular weight excluding hydrogens is 283 g/mol. The van der Waals surface area contributed by atoms with Crippen molar-refractivity contribution in [2.45, 2.75) is 26.2 Å². The van der Waals surface area contributed by atoms with Gasteiger partial charge in [-0.15, -0.1) is 0 Å². The van der Waals surface area contributed by atoms with Crippen LogP contribution < -0.4 is 4.90 Å². The highest BCUT2D eigenvalue weighted by Crippen LogP contribution is 2.34. The number of fused-ring (bicyclic) bond motifs is 1. The van der Waals surface area contributed by atoms with Gasteiger partial charge in [-0.05, 0) is 38.0 Å². The summed E-state index contributed by atoms with van der Waals surface area (Å²) in [4.78, 5) is 18.5. The first-order valence-electron chi connectivity index (χ1n) is 7.50. The molecule has 1 aliphatic rings. The van der Waals surface area contributed by atoms with Crippen molar-refractivity contribution in [1.29, 1.82) is 0 Å². The van der Waals surface area contributed by atoms with Crippen molar-refractivity contribution in [3.63, 3.8) is 0 Å². The third kappa shape index (κ3) is 2.63. The molecule has 0 unspecified atom stereocenters. The zero-order valence-corrected chi connectivity index (χ0v) is 12.9. The van der Waals surface area contributed by atoms with Crippen LogP contribution in [0.5, 0.6) is 0 Å². The summed E-state index contributed by atoms with van der Waals surface area (Å²) in [6, 6.07) is 4.62. The van der Waals surface area contributed by atoms with Gasteiger partial charge in [0.1, 0.15) is 5.82 Å². The fraction of sp³-hybridized carbons (Fsp3) is 0.412. The molecule has 3 rings (SSSR count). The second-order valence-corrected chi connectivity index (χ2v) is 5.63. The number of carbonyl (C=O) groups excluding carboxylic acids is 1. The lowest BCUT2D eigenvalue weighted by Crippen LogP contribution is -2.22. The molecule has 1 fully saturated rings. The highest BCUT2D eigenvalue weighted by molar-refractivity contribution is 5.95. The van der Waals surface area contributed by atoms with Gasteiger partial charge in [-0.25, -0.2) is 4.39 Å². The summed E-state index contributed by atoms with van der Waals surface area (Å²) >= 11 is 0. The summed E-state index contributed by atoms with van der Waals surface area (Å²) in [5, 5.41) is 0.770. The monoisotopic (exact) mass is 302 g/mol. The van der Waals surface area contributed by atoms with Crippen molar-refractivity contribution in [3.05, 3.63) is 35.3 Å². The van der Waals surface area contributed by atoms with E-state index in [9.17, 15) is 9.18 Å². The lowest BCUT2D eigenvalue weighted by atomic mass is 10.0. The van der Waals surface area contributed by atoms with Crippen LogP contribution in [-0.2, 0) is 16.0 Å². The van der Waals surface area contributed by atoms with Crippen LogP contribution in [-0.4, -0.2) is 31.2 Å². The number of methoxy groups -OCH3 is 1. The number of hydrogen-bond donors (Lipinski definition) is 0. The van der Waals surface area contributed by atoms with Gasteiger partial charge in [0, 0.05) is 29.7 Å². The highest BCUT2D eigenvalue weighted by Gasteiger charge is 2.23. The first-order chi connectivity index (χ1) is 10.6. The molecule has 0 N–H and O–H groups in total. The zero-order valence-electron chi connectivity index (χ0n) is 12.9. The Morgan fingerprint density at radius 3 is 2.77 bits per heavy atom. The fourth-order valence-electron chi connectivity index (χ4n) is 3.11. The Morgan fingerprint density at radius 1 is 1.36 bits per heavy atom. The Labute approximate surface area is 128 Å². The molecule has 22 heavy (non-hydrogen) atoms. The third-order valence-corrected chi connectivity index (χ3v) is 4.20. The quantitative estimate of drug-likeness (QED) is 0.817. The van der Waals surface area contributed by atoms with E-state index in [1.165, 1.54) is 19.2 Å². The number of carbonyl (C=O) groups is 1. The van der Waals surface area contributed by atoms with Crippen molar-refractivity contribution in [2.75, 3.05) is 25.1 Å². The summed E-state index contributed by atoms with van der Waals surface area (Å²) in [6.45, 7) is 3.73. The largest absolute Gasteiger partial charge is 0.469 e. The van der Waals surface area contributed by atoms with Crippen molar-refractivity contribution in [2.24, 2.45) is 0 Å². The summed E-state index contributed by atoms with van der Waals surface area (Å²) in [6.07, 6.45) is 2.37. The Hall–Kier alpha value is -2.17. The second kappa shape index (κ2) is 5.91. The normalized spacial score (nSPS) is 14.6. The SMILES string of the molecule is COC(=O)Cc1c(C)nc2ccc(F)cc2c1N1CCCC1. The molecule has 116 valence electrons. The molecule has 5 heteroatoms. The van der Waals surface area contributed by atoms with E-state index in [4.69, 9.17) is 4.74 Å². The Balaban J connectivity index is 2.24. The van der Waals surface area contributed by atoms with E-state index in [-0.39, 0.29) is 18.2 Å². The van der Waals surface area contributed by atoms with E-state index in [1.54, 1.807) is 6.07 Å². The maximum atomic E-state index is 13.7. The van der Waals surface area contributed by atoms with Gasteiger partial charge in [0.15, 0.2) is 0 Å². The highest BCUT2D eigenvalue weighted by atomic mass is 19.1. The lowest BCUT2D eigenvalue weighted by molar-refractivity contribution is -0.139. The number of pyridine rings is 1. The molecule has 1 aromatic heterocycles. The number of halogens is 1. The van der Waals surface area contributed by atoms with Gasteiger partial charge in [0.05, 0.1) is 24.7 Å². The molecule has 1 saturated heterocycles. The molecule has 2 heterocycles. The first-order valence-corrected chi connectivity index (χ1v) is 7.50. The van der Waals surface area contributed by atoms with Crippen molar-refractivity contribution in [1.82, 2.24) is 4.98 Å². The van der Waals surface area contributed by atoms with Crippen LogP contribution in [0.3, 0.4) is 0 Å². The zero-order chi connectivity index (χ0) is 15.7. The number of ether oxygens (including phenoxy) is 1. The van der Waals surface area contributed by atoms with E-state index < -0.39 is 0 Å². The number of rotatable bonds is 3. The number of hydrogen-bond acceptors (Lipinski definition) is 4. The average molecular weight is 302 g/mol. The third-order valence-electron chi connectivity index (χ3n) is 4.20. The molecule has 4 nitrogen and oxygen atoms in total. The number of nitrogens with zero attached hydrogens (tertiary/aromatic N) is 2. The van der Waals surface area contributed by atoms with Crippen LogP contribution >= 0.6 is 0 Å². The van der Waals surface area contributed by atoms with Crippen molar-refractivity contribution in [3.8, 4) is 0 Å². The van der Waals surface area contributed by atoms with E-state index in [0.717, 1.165) is 53.8 Å². The lowest BCUT2D eigenvalue weighted by Gasteiger charge is -2.24. The van der Waals surface area contributed by atoms with Crippen LogP contribution in [0, 0.1) is 12.7 Å². The molecule has 0 aliphatic carbocycles. The van der Waals surface area contributed by atoms with Gasteiger partial charge in [0.2, 0.25) is 0 Å². The van der Waals surface area contributed by atoms with E-state index in [1.807, 2.05) is 6.92 Å². The number of anilines is 1. The molecule has 0 amide bonds. The van der Waals surface area contributed by atoms with Gasteiger partial charge >= 0.3 is 5.97 Å². The molecule has 0 atom stereocenters. The van der Waals surface area contributed by atoms with Crippen molar-refractivity contribution < 1.29 is 13.9 Å². The van der Waals surface area contributed by atoms with Crippen LogP contribution in [0.1, 0.15) is 24.1 Å². The Kier molecular flexibility index (Phi) is 3.96. The van der Waals surface area contributed by atoms with Crippen molar-refractivity contribution >= 4 is 22.6 Å². The Morgan fingerprint density at radius 2 is 2.09 bits per heavy atom. The van der Waals surface area contributed by atoms with Gasteiger partial charge in [-0.1, -0.05) is 0 Å². The van der Waals surface area contributed by atoms with Crippen LogP contribution in [0.4, 0.5) is 10.1 Å². The number of aryl methyl sites for hydroxylation is 1. The second-order valence-electron chi connectivity index (χ2n) is 5.63. The molecule has 2 aromatic rings. The molecular formula is C17H19FN2O2. The number of esters is 1. The molecule has 0 radical (unpaired) electrons. The van der Waals surface area contributed by atoms with Crippen LogP contribution in [0.25, 0.3) is 10.9 Å². The first kappa shape index (κ1) is 14.8. The number of aromatic nitrogens is 1. The molecule has 0 spiro atoms. The van der Waals surface area contributed by atoms with E-state index in [2.05, 4.69) is 9.88 Å². The maximum Gasteiger partial charge on any atom is 0.310 e. The predicted octanol–water partition coefficient (Wildman–Crippen LogP) is 3.00. The Bertz CT molecular complexity index is 724. The predicted molar refractivity (Wildman–Crippen MR) is 83.6 cm³/mol. The summed E-state index contributed by atoms with van der Waals surface area (Å²) < 4.78 is 18.5. The van der Waals surface area contributed by atoms with E-state index >= 15 is 0 Å². The minimum absolute atomic E-state index is 0.160. The average Bonchev–Trinajstić information content (AvgIpc) is 3.02. The summed E-state index contributed by atoms with van der Waals surface area (Å²) in [5.74, 6) is -0.594. The van der Waals surface area contributed by atoms with Gasteiger partial charge in [-0.2, -0.15) is 0 Å². The van der Waals surface area contributed by atoms with Gasteiger partial charge < -0.3 is 9.64 Å². The summed E-state index contributed by atoms with van der Waals surface area (Å²) in [7, 11) is 1.38. The topological polar surface area (TPSA) is 42.4 Å². The summed E-state index contributed by atoms with van der Waals surface area (Å²) in [5.41, 5.74) is 3.33. The maximum absolute atomic E-state index is 13.7. The minimum atomic E-state index is -0.305. The molecule has 0 bridgehead atoms. The standard InChI is InChI=1S/C17H19FN2O2/c1-11-13(10-16(21)22-2)17(20-7-3-4-8-20)14-9-12(18)5-6-15(14)19-11/h5-6,9H,3-4,7-8,10H2,1-2H3. The van der Waals surface area contributed by atoms with Crippen LogP contribution in [0.15, 0.2) is 18.2 Å². The fourth-order valence-corrected chi connectivity index (χ4v) is 3.11. The van der Waals surface area contributed by atoms with E-state index in [0.29, 0.717) is 0 Å². The molecule has 1 aliphatic heterocycles. The van der Waals surface area contributed by atoms with Gasteiger partial charge in [-0.3, -0.25) is 9.78 Å². The molecule has 1 aromatic carbocycles. The van der Waals surface area contributed by atoms with Gasteiger partial charge in [0.25, 0.3) is 0 Å².